The second-order valence-corrected chi connectivity index (χ2v) is 3.42. The molecule has 0 bridgehead atoms. The van der Waals surface area contributed by atoms with Crippen molar-refractivity contribution in [3.05, 3.63) is 60.7 Å². The molecule has 15 heavy (non-hydrogen) atoms. The molecule has 3 aromatic carbocycles. The fraction of sp³-hybridized carbons (Fsp3) is 0. The van der Waals surface area contributed by atoms with E-state index in [1.807, 2.05) is 12.1 Å². The van der Waals surface area contributed by atoms with E-state index in [0.717, 1.165) is 0 Å². The molecule has 0 fully saturated rings. The van der Waals surface area contributed by atoms with Gasteiger partial charge in [-0.15, -0.1) is 41.1 Å². The van der Waals surface area contributed by atoms with E-state index in [0.29, 0.717) is 0 Å². The minimum absolute atomic E-state index is 0. The Balaban J connectivity index is 0.000000853. The molecule has 1 heteroatoms. The van der Waals surface area contributed by atoms with Crippen LogP contribution in [0.15, 0.2) is 54.6 Å². The van der Waals surface area contributed by atoms with E-state index < -0.39 is 0 Å². The molecule has 0 aliphatic carbocycles. The molecule has 66 valence electrons. The van der Waals surface area contributed by atoms with Crippen LogP contribution in [0.5, 0.6) is 0 Å². The molecule has 0 spiro atoms. The van der Waals surface area contributed by atoms with E-state index in [-0.39, 0.29) is 29.6 Å². The Morgan fingerprint density at radius 3 is 2.47 bits per heavy atom. The molecular formula is C14H9Na. The minimum atomic E-state index is 0. The Bertz CT molecular complexity index is 544. The molecule has 0 aromatic heterocycles. The number of rotatable bonds is 0. The number of fused-ring (bicyclic) bond motifs is 3. The molecule has 0 saturated heterocycles. The van der Waals surface area contributed by atoms with E-state index in [1.165, 1.54) is 21.5 Å². The predicted octanol–water partition coefficient (Wildman–Crippen LogP) is 0.797. The molecule has 0 atom stereocenters. The van der Waals surface area contributed by atoms with Crippen LogP contribution in [0, 0.1) is 6.07 Å². The average Bonchev–Trinajstić information content (AvgIpc) is 2.29. The summed E-state index contributed by atoms with van der Waals surface area (Å²) in [5.41, 5.74) is 0. The van der Waals surface area contributed by atoms with Crippen LogP contribution in [0.25, 0.3) is 21.5 Å². The summed E-state index contributed by atoms with van der Waals surface area (Å²) in [6.07, 6.45) is 0. The topological polar surface area (TPSA) is 0 Å². The normalized spacial score (nSPS) is 10.1. The van der Waals surface area contributed by atoms with Crippen molar-refractivity contribution in [1.29, 1.82) is 0 Å². The molecule has 0 aliphatic rings. The third-order valence-corrected chi connectivity index (χ3v) is 2.57. The molecule has 3 aromatic rings. The van der Waals surface area contributed by atoms with Gasteiger partial charge >= 0.3 is 29.6 Å². The van der Waals surface area contributed by atoms with Gasteiger partial charge in [-0.25, -0.2) is 0 Å². The maximum Gasteiger partial charge on any atom is 1.00 e. The van der Waals surface area contributed by atoms with E-state index in [1.54, 1.807) is 0 Å². The Morgan fingerprint density at radius 2 is 1.53 bits per heavy atom. The van der Waals surface area contributed by atoms with Gasteiger partial charge in [-0.05, 0) is 5.39 Å². The van der Waals surface area contributed by atoms with Crippen LogP contribution >= 0.6 is 0 Å². The summed E-state index contributed by atoms with van der Waals surface area (Å²) in [6.45, 7) is 0. The Morgan fingerprint density at radius 1 is 0.733 bits per heavy atom. The van der Waals surface area contributed by atoms with Gasteiger partial charge in [0.1, 0.15) is 0 Å². The summed E-state index contributed by atoms with van der Waals surface area (Å²) >= 11 is 0. The average molecular weight is 200 g/mol. The number of hydrogen-bond donors (Lipinski definition) is 0. The third kappa shape index (κ3) is 1.81. The Kier molecular flexibility index (Phi) is 3.11. The maximum absolute atomic E-state index is 3.24. The zero-order chi connectivity index (χ0) is 9.38. The van der Waals surface area contributed by atoms with Gasteiger partial charge in [0.15, 0.2) is 0 Å². The van der Waals surface area contributed by atoms with Crippen LogP contribution in [0.3, 0.4) is 0 Å². The van der Waals surface area contributed by atoms with Crippen molar-refractivity contribution in [3.8, 4) is 0 Å². The van der Waals surface area contributed by atoms with Crippen molar-refractivity contribution in [2.75, 3.05) is 0 Å². The van der Waals surface area contributed by atoms with Crippen molar-refractivity contribution < 1.29 is 29.6 Å². The van der Waals surface area contributed by atoms with Crippen LogP contribution < -0.4 is 29.6 Å². The SMILES string of the molecule is [Na+].[c-]1cccc2c1ccc1ccccc12. The monoisotopic (exact) mass is 200 g/mol. The molecular weight excluding hydrogens is 191 g/mol. The van der Waals surface area contributed by atoms with Crippen molar-refractivity contribution in [2.45, 2.75) is 0 Å². The van der Waals surface area contributed by atoms with Crippen LogP contribution in [-0.4, -0.2) is 0 Å². The van der Waals surface area contributed by atoms with Gasteiger partial charge in [-0.1, -0.05) is 35.7 Å². The van der Waals surface area contributed by atoms with E-state index >= 15 is 0 Å². The Hall–Kier alpha value is -0.820. The summed E-state index contributed by atoms with van der Waals surface area (Å²) in [4.78, 5) is 0. The van der Waals surface area contributed by atoms with Crippen molar-refractivity contribution >= 4 is 21.5 Å². The molecule has 0 radical (unpaired) electrons. The van der Waals surface area contributed by atoms with Crippen LogP contribution in [-0.2, 0) is 0 Å². The molecule has 0 aliphatic heterocycles. The van der Waals surface area contributed by atoms with Gasteiger partial charge in [0.25, 0.3) is 0 Å². The van der Waals surface area contributed by atoms with Crippen LogP contribution in [0.4, 0.5) is 0 Å². The first-order chi connectivity index (χ1) is 6.95. The molecule has 0 heterocycles. The van der Waals surface area contributed by atoms with Crippen LogP contribution in [0.2, 0.25) is 0 Å². The zero-order valence-corrected chi connectivity index (χ0v) is 10.7. The van der Waals surface area contributed by atoms with Crippen molar-refractivity contribution in [3.63, 3.8) is 0 Å². The van der Waals surface area contributed by atoms with E-state index in [4.69, 9.17) is 0 Å². The first-order valence-corrected chi connectivity index (χ1v) is 4.73. The van der Waals surface area contributed by atoms with Gasteiger partial charge in [-0.3, -0.25) is 0 Å². The van der Waals surface area contributed by atoms with Gasteiger partial charge in [0, 0.05) is 0 Å². The summed E-state index contributed by atoms with van der Waals surface area (Å²) in [7, 11) is 0. The molecule has 0 saturated carbocycles. The smallest absolute Gasteiger partial charge is 0.147 e. The summed E-state index contributed by atoms with van der Waals surface area (Å²) in [5, 5.41) is 5.07. The second-order valence-electron chi connectivity index (χ2n) is 3.42. The van der Waals surface area contributed by atoms with E-state index in [2.05, 4.69) is 48.5 Å². The minimum Gasteiger partial charge on any atom is -0.147 e. The van der Waals surface area contributed by atoms with Gasteiger partial charge in [0.05, 0.1) is 0 Å². The first kappa shape index (κ1) is 10.7. The quantitative estimate of drug-likeness (QED) is 0.286. The number of benzene rings is 3. The van der Waals surface area contributed by atoms with E-state index in [9.17, 15) is 0 Å². The second kappa shape index (κ2) is 4.36. The molecule has 3 rings (SSSR count). The van der Waals surface area contributed by atoms with Gasteiger partial charge < -0.3 is 0 Å². The summed E-state index contributed by atoms with van der Waals surface area (Å²) in [5.74, 6) is 0. The number of hydrogen-bond acceptors (Lipinski definition) is 0. The third-order valence-electron chi connectivity index (χ3n) is 2.57. The summed E-state index contributed by atoms with van der Waals surface area (Å²) in [6, 6.07) is 22.1. The zero-order valence-electron chi connectivity index (χ0n) is 8.70. The van der Waals surface area contributed by atoms with Gasteiger partial charge in [-0.2, -0.15) is 0 Å². The van der Waals surface area contributed by atoms with Crippen molar-refractivity contribution in [2.24, 2.45) is 0 Å². The molecule has 0 N–H and O–H groups in total. The maximum atomic E-state index is 3.24. The largest absolute Gasteiger partial charge is 1.00 e. The summed E-state index contributed by atoms with van der Waals surface area (Å²) < 4.78 is 0. The molecule has 0 nitrogen and oxygen atoms in total. The standard InChI is InChI=1S/C14H9.Na/c1-3-7-13-11(5-1)9-10-12-6-2-4-8-14(12)13;/h1-5,7-10H;/q-1;+1. The van der Waals surface area contributed by atoms with Crippen LogP contribution in [0.1, 0.15) is 0 Å². The van der Waals surface area contributed by atoms with Crippen molar-refractivity contribution in [1.82, 2.24) is 0 Å². The predicted molar refractivity (Wildman–Crippen MR) is 60.3 cm³/mol. The molecule has 0 amide bonds. The fourth-order valence-corrected chi connectivity index (χ4v) is 1.88. The fourth-order valence-electron chi connectivity index (χ4n) is 1.88. The first-order valence-electron chi connectivity index (χ1n) is 4.73. The van der Waals surface area contributed by atoms with Gasteiger partial charge in [0.2, 0.25) is 0 Å². The Labute approximate surface area is 111 Å². The molecule has 0 unspecified atom stereocenters.